The molecule has 3 aromatic carbocycles. The molecule has 2 nitrogen and oxygen atoms in total. The summed E-state index contributed by atoms with van der Waals surface area (Å²) in [6.07, 6.45) is 3.58. The lowest BCUT2D eigenvalue weighted by molar-refractivity contribution is 0.0215. The fourth-order valence-corrected chi connectivity index (χ4v) is 5.37. The Morgan fingerprint density at radius 3 is 1.87 bits per heavy atom. The van der Waals surface area contributed by atoms with Gasteiger partial charge in [-0.2, -0.15) is 0 Å². The molecule has 0 saturated carbocycles. The Labute approximate surface area is 182 Å². The molecule has 0 N–H and O–H groups in total. The molecule has 2 bridgehead atoms. The Hall–Kier alpha value is -2.85. The van der Waals surface area contributed by atoms with Gasteiger partial charge in [0.1, 0.15) is 11.6 Å². The molecule has 158 valence electrons. The third kappa shape index (κ3) is 3.92. The van der Waals surface area contributed by atoms with Crippen molar-refractivity contribution in [2.24, 2.45) is 10.9 Å². The van der Waals surface area contributed by atoms with Gasteiger partial charge in [-0.05, 0) is 55.1 Å². The van der Waals surface area contributed by atoms with E-state index in [4.69, 9.17) is 4.99 Å². The fraction of sp³-hybridized carbons (Fsp3) is 0.296. The Balaban J connectivity index is 1.58. The Kier molecular flexibility index (Phi) is 5.65. The summed E-state index contributed by atoms with van der Waals surface area (Å²) in [5, 5.41) is 0. The second-order valence-corrected chi connectivity index (χ2v) is 8.57. The first-order chi connectivity index (χ1) is 15.2. The predicted molar refractivity (Wildman–Crippen MR) is 121 cm³/mol. The van der Waals surface area contributed by atoms with E-state index in [0.29, 0.717) is 5.92 Å². The number of piperidine rings is 3. The molecule has 0 unspecified atom stereocenters. The highest BCUT2D eigenvalue weighted by Crippen LogP contribution is 2.43. The van der Waals surface area contributed by atoms with E-state index in [9.17, 15) is 8.78 Å². The van der Waals surface area contributed by atoms with Gasteiger partial charge in [0, 0.05) is 18.2 Å². The number of nitrogens with zero attached hydrogens (tertiary/aromatic N) is 2. The van der Waals surface area contributed by atoms with Crippen molar-refractivity contribution in [3.63, 3.8) is 0 Å². The third-order valence-electron chi connectivity index (χ3n) is 6.86. The first kappa shape index (κ1) is 20.1. The molecule has 3 aromatic rings. The minimum atomic E-state index is -0.566. The van der Waals surface area contributed by atoms with Gasteiger partial charge >= 0.3 is 0 Å². The lowest BCUT2D eigenvalue weighted by Gasteiger charge is -2.52. The molecule has 0 aromatic heterocycles. The van der Waals surface area contributed by atoms with Crippen molar-refractivity contribution in [3.05, 3.63) is 107 Å². The second-order valence-electron chi connectivity index (χ2n) is 8.57. The number of hydrogen-bond donors (Lipinski definition) is 0. The zero-order valence-corrected chi connectivity index (χ0v) is 17.4. The van der Waals surface area contributed by atoms with Crippen LogP contribution in [0.5, 0.6) is 0 Å². The van der Waals surface area contributed by atoms with Gasteiger partial charge in [0.05, 0.1) is 11.6 Å². The zero-order valence-electron chi connectivity index (χ0n) is 17.4. The maximum Gasteiger partial charge on any atom is 0.134 e. The largest absolute Gasteiger partial charge is 0.297 e. The van der Waals surface area contributed by atoms with Crippen molar-refractivity contribution in [1.82, 2.24) is 4.90 Å². The standard InChI is InChI=1S/C27H26F2N2/c28-23-12-7-13-24(29)22(23)18-30-26-21-14-16-31(17-15-21)27(26)25(19-8-3-1-4-9-19)20-10-5-2-6-11-20/h1-13,18,21,25-27H,14-17H2/b30-18+/t26-,27+/m1/s1. The highest BCUT2D eigenvalue weighted by molar-refractivity contribution is 5.80. The molecule has 4 heteroatoms. The maximum absolute atomic E-state index is 14.2. The molecule has 6 rings (SSSR count). The summed E-state index contributed by atoms with van der Waals surface area (Å²) in [5.74, 6) is -0.553. The number of rotatable bonds is 5. The number of halogens is 2. The average Bonchev–Trinajstić information content (AvgIpc) is 2.82. The summed E-state index contributed by atoms with van der Waals surface area (Å²) < 4.78 is 28.5. The molecule has 0 aliphatic carbocycles. The molecular formula is C27H26F2N2. The van der Waals surface area contributed by atoms with Crippen LogP contribution in [-0.4, -0.2) is 36.3 Å². The minimum Gasteiger partial charge on any atom is -0.297 e. The van der Waals surface area contributed by atoms with Crippen LogP contribution < -0.4 is 0 Å². The summed E-state index contributed by atoms with van der Waals surface area (Å²) in [7, 11) is 0. The van der Waals surface area contributed by atoms with Gasteiger partial charge in [0.2, 0.25) is 0 Å². The van der Waals surface area contributed by atoms with E-state index < -0.39 is 11.6 Å². The van der Waals surface area contributed by atoms with Crippen molar-refractivity contribution in [2.45, 2.75) is 30.8 Å². The molecule has 3 fully saturated rings. The fourth-order valence-electron chi connectivity index (χ4n) is 5.37. The lowest BCUT2D eigenvalue weighted by Crippen LogP contribution is -2.59. The van der Waals surface area contributed by atoms with Crippen LogP contribution in [0.3, 0.4) is 0 Å². The summed E-state index contributed by atoms with van der Waals surface area (Å²) in [6, 6.07) is 25.2. The monoisotopic (exact) mass is 416 g/mol. The van der Waals surface area contributed by atoms with Gasteiger partial charge in [-0.15, -0.1) is 0 Å². The van der Waals surface area contributed by atoms with Crippen LogP contribution >= 0.6 is 0 Å². The summed E-state index contributed by atoms with van der Waals surface area (Å²) in [6.45, 7) is 2.09. The average molecular weight is 417 g/mol. The molecule has 3 aliphatic heterocycles. The normalized spacial score (nSPS) is 25.4. The first-order valence-electron chi connectivity index (χ1n) is 11.0. The smallest absolute Gasteiger partial charge is 0.134 e. The molecule has 0 spiro atoms. The van der Waals surface area contributed by atoms with E-state index in [0.717, 1.165) is 25.9 Å². The van der Waals surface area contributed by atoms with Gasteiger partial charge in [0.15, 0.2) is 0 Å². The van der Waals surface area contributed by atoms with E-state index in [1.165, 1.54) is 35.5 Å². The molecular weight excluding hydrogens is 390 g/mol. The van der Waals surface area contributed by atoms with E-state index >= 15 is 0 Å². The van der Waals surface area contributed by atoms with Gasteiger partial charge in [-0.1, -0.05) is 66.7 Å². The molecule has 3 saturated heterocycles. The van der Waals surface area contributed by atoms with E-state index in [1.54, 1.807) is 0 Å². The van der Waals surface area contributed by atoms with E-state index in [2.05, 4.69) is 53.4 Å². The Morgan fingerprint density at radius 1 is 0.774 bits per heavy atom. The van der Waals surface area contributed by atoms with Gasteiger partial charge < -0.3 is 0 Å². The molecule has 31 heavy (non-hydrogen) atoms. The van der Waals surface area contributed by atoms with Crippen LogP contribution in [-0.2, 0) is 0 Å². The molecule has 3 heterocycles. The van der Waals surface area contributed by atoms with Gasteiger partial charge in [-0.3, -0.25) is 9.89 Å². The summed E-state index contributed by atoms with van der Waals surface area (Å²) in [5.41, 5.74) is 2.46. The second kappa shape index (κ2) is 8.72. The SMILES string of the molecule is Fc1cccc(F)c1/C=N/[C@@H]1C2CCN(CC2)[C@H]1C(c1ccccc1)c1ccccc1. The Bertz CT molecular complexity index is 984. The lowest BCUT2D eigenvalue weighted by atomic mass is 9.71. The topological polar surface area (TPSA) is 15.6 Å². The molecule has 3 aliphatic rings. The summed E-state index contributed by atoms with van der Waals surface area (Å²) >= 11 is 0. The highest BCUT2D eigenvalue weighted by atomic mass is 19.1. The van der Waals surface area contributed by atoms with Crippen LogP contribution in [0.4, 0.5) is 8.78 Å². The van der Waals surface area contributed by atoms with E-state index in [1.807, 2.05) is 12.1 Å². The van der Waals surface area contributed by atoms with Crippen LogP contribution in [0, 0.1) is 17.6 Å². The van der Waals surface area contributed by atoms with Gasteiger partial charge in [-0.25, -0.2) is 8.78 Å². The molecule has 2 atom stereocenters. The quantitative estimate of drug-likeness (QED) is 0.489. The number of hydrogen-bond acceptors (Lipinski definition) is 2. The van der Waals surface area contributed by atoms with Crippen molar-refractivity contribution in [1.29, 1.82) is 0 Å². The number of benzene rings is 3. The van der Waals surface area contributed by atoms with Crippen molar-refractivity contribution in [3.8, 4) is 0 Å². The van der Waals surface area contributed by atoms with Crippen LogP contribution in [0.2, 0.25) is 0 Å². The van der Waals surface area contributed by atoms with Gasteiger partial charge in [0.25, 0.3) is 0 Å². The zero-order chi connectivity index (χ0) is 21.2. The van der Waals surface area contributed by atoms with Crippen LogP contribution in [0.1, 0.15) is 35.4 Å². The van der Waals surface area contributed by atoms with Crippen LogP contribution in [0.15, 0.2) is 83.9 Å². The van der Waals surface area contributed by atoms with Crippen molar-refractivity contribution >= 4 is 6.21 Å². The first-order valence-corrected chi connectivity index (χ1v) is 11.0. The molecule has 0 radical (unpaired) electrons. The van der Waals surface area contributed by atoms with Crippen molar-refractivity contribution < 1.29 is 8.78 Å². The number of fused-ring (bicyclic) bond motifs is 3. The summed E-state index contributed by atoms with van der Waals surface area (Å²) in [4.78, 5) is 7.40. The minimum absolute atomic E-state index is 0.00748. The van der Waals surface area contributed by atoms with Crippen molar-refractivity contribution in [2.75, 3.05) is 13.1 Å². The number of aliphatic imine (C=N–C) groups is 1. The Morgan fingerprint density at radius 2 is 1.32 bits per heavy atom. The highest BCUT2D eigenvalue weighted by Gasteiger charge is 2.46. The van der Waals surface area contributed by atoms with Crippen LogP contribution in [0.25, 0.3) is 0 Å². The molecule has 0 amide bonds. The third-order valence-corrected chi connectivity index (χ3v) is 6.86. The van der Waals surface area contributed by atoms with E-state index in [-0.39, 0.29) is 23.6 Å². The predicted octanol–water partition coefficient (Wildman–Crippen LogP) is 5.68. The maximum atomic E-state index is 14.2.